The number of hydrogen-bond donors (Lipinski definition) is 2. The van der Waals surface area contributed by atoms with Crippen LogP contribution in [0.25, 0.3) is 0 Å². The molecule has 0 saturated heterocycles. The smallest absolute Gasteiger partial charge is 0.265 e. The molecule has 0 bridgehead atoms. The molecular weight excluding hydrogens is 474 g/mol. The van der Waals surface area contributed by atoms with Gasteiger partial charge in [0.1, 0.15) is 6.04 Å². The lowest BCUT2D eigenvalue weighted by Crippen LogP contribution is -2.52. The minimum Gasteiger partial charge on any atom is -0.326 e. The lowest BCUT2D eigenvalue weighted by Gasteiger charge is -2.37. The molecule has 2 amide bonds. The summed E-state index contributed by atoms with van der Waals surface area (Å²) in [5.41, 5.74) is 3.20. The Morgan fingerprint density at radius 1 is 1.03 bits per heavy atom. The first-order valence-electron chi connectivity index (χ1n) is 10.7. The lowest BCUT2D eigenvalue weighted by molar-refractivity contribution is -0.122. The molecule has 1 atom stereocenters. The number of fused-ring (bicyclic) bond motifs is 1. The monoisotopic (exact) mass is 497 g/mol. The summed E-state index contributed by atoms with van der Waals surface area (Å²) < 4.78 is 29.2. The Hall–Kier alpha value is -3.36. The highest BCUT2D eigenvalue weighted by Crippen LogP contribution is 2.38. The number of nitrogens with one attached hydrogen (secondary N) is 2. The van der Waals surface area contributed by atoms with Gasteiger partial charge in [0.05, 0.1) is 22.7 Å². The maximum Gasteiger partial charge on any atom is 0.265 e. The Morgan fingerprint density at radius 3 is 2.38 bits per heavy atom. The van der Waals surface area contributed by atoms with Crippen LogP contribution in [0.4, 0.5) is 17.1 Å². The number of rotatable bonds is 5. The molecule has 0 radical (unpaired) electrons. The lowest BCUT2D eigenvalue weighted by atomic mass is 10.1. The van der Waals surface area contributed by atoms with E-state index in [1.165, 1.54) is 0 Å². The number of benzene rings is 3. The fraction of sp³-hybridized carbons (Fsp3) is 0.200. The zero-order chi connectivity index (χ0) is 24.6. The van der Waals surface area contributed by atoms with E-state index < -0.39 is 27.9 Å². The average Bonchev–Trinajstić information content (AvgIpc) is 2.73. The van der Waals surface area contributed by atoms with Gasteiger partial charge in [-0.2, -0.15) is 0 Å². The number of anilines is 3. The Labute approximate surface area is 203 Å². The van der Waals surface area contributed by atoms with Gasteiger partial charge in [-0.3, -0.25) is 13.9 Å². The first-order valence-corrected chi connectivity index (χ1v) is 12.5. The highest BCUT2D eigenvalue weighted by Gasteiger charge is 2.43. The van der Waals surface area contributed by atoms with Gasteiger partial charge in [-0.1, -0.05) is 47.5 Å². The van der Waals surface area contributed by atoms with Gasteiger partial charge in [-0.15, -0.1) is 0 Å². The molecule has 0 aromatic heterocycles. The quantitative estimate of drug-likeness (QED) is 0.528. The summed E-state index contributed by atoms with van der Waals surface area (Å²) in [5.74, 6) is -1.09. The van der Waals surface area contributed by atoms with Gasteiger partial charge in [0.2, 0.25) is 11.8 Å². The number of aryl methyl sites for hydroxylation is 3. The van der Waals surface area contributed by atoms with E-state index in [-0.39, 0.29) is 11.3 Å². The van der Waals surface area contributed by atoms with Gasteiger partial charge in [-0.25, -0.2) is 8.42 Å². The van der Waals surface area contributed by atoms with Crippen molar-refractivity contribution in [2.75, 3.05) is 14.9 Å². The van der Waals surface area contributed by atoms with E-state index >= 15 is 0 Å². The zero-order valence-electron chi connectivity index (χ0n) is 18.9. The number of halogens is 1. The van der Waals surface area contributed by atoms with Crippen LogP contribution < -0.4 is 14.9 Å². The van der Waals surface area contributed by atoms with E-state index in [1.54, 1.807) is 74.5 Å². The third-order valence-electron chi connectivity index (χ3n) is 5.59. The molecule has 1 heterocycles. The fourth-order valence-corrected chi connectivity index (χ4v) is 6.60. The number of nitrogens with zero attached hydrogens (tertiary/aromatic N) is 1. The number of sulfonamides is 1. The maximum absolute atomic E-state index is 14.0. The van der Waals surface area contributed by atoms with Gasteiger partial charge < -0.3 is 10.6 Å². The molecule has 4 rings (SSSR count). The standard InChI is InChI=1S/C25H24ClN3O4S/c1-15-11-16(2)24(17(3)12-15)34(32,33)29-21-10-5-4-9-20(21)28-25(31)22(29)14-23(30)27-19-8-6-7-18(26)13-19/h4-13,22H,14H2,1-3H3,(H,27,30)(H,28,31). The van der Waals surface area contributed by atoms with Crippen LogP contribution in [0.1, 0.15) is 23.1 Å². The van der Waals surface area contributed by atoms with Crippen molar-refractivity contribution in [3.05, 3.63) is 82.4 Å². The number of hydrogen-bond acceptors (Lipinski definition) is 4. The van der Waals surface area contributed by atoms with E-state index in [1.807, 2.05) is 6.92 Å². The zero-order valence-corrected chi connectivity index (χ0v) is 20.5. The second-order valence-electron chi connectivity index (χ2n) is 8.31. The molecule has 0 spiro atoms. The number of carbonyl (C=O) groups is 2. The predicted molar refractivity (Wildman–Crippen MR) is 134 cm³/mol. The molecule has 176 valence electrons. The molecule has 7 nitrogen and oxygen atoms in total. The minimum absolute atomic E-state index is 0.128. The van der Waals surface area contributed by atoms with Crippen molar-refractivity contribution in [2.24, 2.45) is 0 Å². The molecule has 2 N–H and O–H groups in total. The van der Waals surface area contributed by atoms with E-state index in [0.29, 0.717) is 33.2 Å². The van der Waals surface area contributed by atoms with Crippen LogP contribution in [0.2, 0.25) is 5.02 Å². The van der Waals surface area contributed by atoms with Crippen LogP contribution in [0.5, 0.6) is 0 Å². The first kappa shape index (κ1) is 23.8. The van der Waals surface area contributed by atoms with Crippen molar-refractivity contribution < 1.29 is 18.0 Å². The van der Waals surface area contributed by atoms with Crippen LogP contribution in [0.15, 0.2) is 65.6 Å². The SMILES string of the molecule is Cc1cc(C)c(S(=O)(=O)N2c3ccccc3NC(=O)C2CC(=O)Nc2cccc(Cl)c2)c(C)c1. The van der Waals surface area contributed by atoms with E-state index in [2.05, 4.69) is 10.6 Å². The van der Waals surface area contributed by atoms with Crippen molar-refractivity contribution in [1.82, 2.24) is 0 Å². The van der Waals surface area contributed by atoms with Crippen molar-refractivity contribution in [1.29, 1.82) is 0 Å². The molecular formula is C25H24ClN3O4S. The van der Waals surface area contributed by atoms with Gasteiger partial charge >= 0.3 is 0 Å². The summed E-state index contributed by atoms with van der Waals surface area (Å²) >= 11 is 5.99. The summed E-state index contributed by atoms with van der Waals surface area (Å²) in [6.07, 6.45) is -0.379. The van der Waals surface area contributed by atoms with Gasteiger partial charge in [-0.05, 0) is 62.2 Å². The van der Waals surface area contributed by atoms with E-state index in [4.69, 9.17) is 11.6 Å². The van der Waals surface area contributed by atoms with Crippen molar-refractivity contribution in [2.45, 2.75) is 38.1 Å². The first-order chi connectivity index (χ1) is 16.1. The average molecular weight is 498 g/mol. The second-order valence-corrected chi connectivity index (χ2v) is 10.5. The van der Waals surface area contributed by atoms with Crippen LogP contribution in [-0.4, -0.2) is 26.3 Å². The fourth-order valence-electron chi connectivity index (χ4n) is 4.36. The molecule has 3 aromatic carbocycles. The summed E-state index contributed by atoms with van der Waals surface area (Å²) in [6, 6.07) is 15.5. The van der Waals surface area contributed by atoms with Crippen LogP contribution in [0, 0.1) is 20.8 Å². The van der Waals surface area contributed by atoms with Crippen molar-refractivity contribution >= 4 is 50.5 Å². The Balaban J connectivity index is 1.78. The van der Waals surface area contributed by atoms with Crippen molar-refractivity contribution in [3.8, 4) is 0 Å². The molecule has 9 heteroatoms. The van der Waals surface area contributed by atoms with Crippen LogP contribution in [0.3, 0.4) is 0 Å². The van der Waals surface area contributed by atoms with Gasteiger partial charge in [0, 0.05) is 10.7 Å². The molecule has 1 aliphatic rings. The molecule has 0 fully saturated rings. The Morgan fingerprint density at radius 2 is 1.71 bits per heavy atom. The van der Waals surface area contributed by atoms with Gasteiger partial charge in [0.25, 0.3) is 10.0 Å². The highest BCUT2D eigenvalue weighted by molar-refractivity contribution is 7.93. The van der Waals surface area contributed by atoms with E-state index in [9.17, 15) is 18.0 Å². The molecule has 0 saturated carbocycles. The van der Waals surface area contributed by atoms with Gasteiger partial charge in [0.15, 0.2) is 0 Å². The summed E-state index contributed by atoms with van der Waals surface area (Å²) in [7, 11) is -4.19. The third kappa shape index (κ3) is 4.51. The highest BCUT2D eigenvalue weighted by atomic mass is 35.5. The molecule has 34 heavy (non-hydrogen) atoms. The largest absolute Gasteiger partial charge is 0.326 e. The van der Waals surface area contributed by atoms with E-state index in [0.717, 1.165) is 9.87 Å². The molecule has 0 aliphatic carbocycles. The number of para-hydroxylation sites is 2. The summed E-state index contributed by atoms with van der Waals surface area (Å²) in [5, 5.41) is 5.87. The Kier molecular flexibility index (Phi) is 6.38. The Bertz CT molecular complexity index is 1380. The van der Waals surface area contributed by atoms with Crippen LogP contribution >= 0.6 is 11.6 Å². The van der Waals surface area contributed by atoms with Crippen molar-refractivity contribution in [3.63, 3.8) is 0 Å². The minimum atomic E-state index is -4.19. The predicted octanol–water partition coefficient (Wildman–Crippen LogP) is 4.81. The maximum atomic E-state index is 14.0. The molecule has 1 unspecified atom stereocenters. The molecule has 3 aromatic rings. The topological polar surface area (TPSA) is 95.6 Å². The normalized spacial score (nSPS) is 15.5. The molecule has 1 aliphatic heterocycles. The third-order valence-corrected chi connectivity index (χ3v) is 7.96. The second kappa shape index (κ2) is 9.12. The number of amides is 2. The summed E-state index contributed by atoms with van der Waals surface area (Å²) in [6.45, 7) is 5.34. The number of carbonyl (C=O) groups excluding carboxylic acids is 2. The van der Waals surface area contributed by atoms with Crippen LogP contribution in [-0.2, 0) is 19.6 Å². The summed E-state index contributed by atoms with van der Waals surface area (Å²) in [4.78, 5) is 26.1.